The number of nitrogens with one attached hydrogen (secondary N) is 2. The molecule has 2 aromatic rings. The Bertz CT molecular complexity index is 752. The molecule has 0 aromatic heterocycles. The van der Waals surface area contributed by atoms with Crippen LogP contribution < -0.4 is 15.4 Å². The third-order valence-electron chi connectivity index (χ3n) is 3.50. The Balaban J connectivity index is 2.02. The molecule has 0 atom stereocenters. The van der Waals surface area contributed by atoms with Crippen LogP contribution in [0.3, 0.4) is 0 Å². The minimum Gasteiger partial charge on any atom is -0.493 e. The molecule has 0 saturated heterocycles. The lowest BCUT2D eigenvalue weighted by Gasteiger charge is -2.11. The van der Waals surface area contributed by atoms with Gasteiger partial charge in [0.2, 0.25) is 0 Å². The molecule has 0 heterocycles. The van der Waals surface area contributed by atoms with E-state index in [1.165, 1.54) is 0 Å². The first-order valence-electron chi connectivity index (χ1n) is 8.80. The number of anilines is 1. The van der Waals surface area contributed by atoms with Gasteiger partial charge in [0.25, 0.3) is 11.8 Å². The van der Waals surface area contributed by atoms with Crippen molar-refractivity contribution in [1.29, 1.82) is 0 Å². The summed E-state index contributed by atoms with van der Waals surface area (Å²) in [6, 6.07) is 13.9. The van der Waals surface area contributed by atoms with E-state index >= 15 is 0 Å². The molecule has 0 bridgehead atoms. The molecule has 0 fully saturated rings. The summed E-state index contributed by atoms with van der Waals surface area (Å²) in [4.78, 5) is 24.5. The van der Waals surface area contributed by atoms with Crippen LogP contribution in [0, 0.1) is 5.92 Å². The van der Waals surface area contributed by atoms with Crippen molar-refractivity contribution in [1.82, 2.24) is 5.32 Å². The van der Waals surface area contributed by atoms with Crippen LogP contribution in [0.2, 0.25) is 0 Å². The van der Waals surface area contributed by atoms with Crippen LogP contribution >= 0.6 is 0 Å². The highest BCUT2D eigenvalue weighted by Crippen LogP contribution is 2.16. The average Bonchev–Trinajstić information content (AvgIpc) is 2.60. The number of hydrogen-bond donors (Lipinski definition) is 2. The fourth-order valence-electron chi connectivity index (χ4n) is 2.25. The van der Waals surface area contributed by atoms with E-state index in [2.05, 4.69) is 24.5 Å². The molecule has 5 heteroatoms. The average molecular weight is 354 g/mol. The standard InChI is InChI=1S/C21H26N2O3/c1-14(2)13-26-19-10-8-16(9-11-19)20(24)23-18-7-5-6-17(12-18)21(25)22-15(3)4/h5-12,14-15H,13H2,1-4H3,(H,22,25)(H,23,24). The first-order chi connectivity index (χ1) is 12.3. The molecule has 138 valence electrons. The number of carbonyl (C=O) groups excluding carboxylic acids is 2. The summed E-state index contributed by atoms with van der Waals surface area (Å²) in [6.45, 7) is 8.60. The molecule has 0 aliphatic rings. The maximum atomic E-state index is 12.4. The number of carbonyl (C=O) groups is 2. The van der Waals surface area contributed by atoms with E-state index < -0.39 is 0 Å². The Morgan fingerprint density at radius 2 is 1.62 bits per heavy atom. The smallest absolute Gasteiger partial charge is 0.255 e. The highest BCUT2D eigenvalue weighted by atomic mass is 16.5. The Morgan fingerprint density at radius 3 is 2.23 bits per heavy atom. The van der Waals surface area contributed by atoms with E-state index in [-0.39, 0.29) is 17.9 Å². The minimum absolute atomic E-state index is 0.0529. The number of hydrogen-bond acceptors (Lipinski definition) is 3. The Morgan fingerprint density at radius 1 is 0.923 bits per heavy atom. The lowest BCUT2D eigenvalue weighted by Crippen LogP contribution is -2.30. The molecule has 0 unspecified atom stereocenters. The number of rotatable bonds is 7. The maximum Gasteiger partial charge on any atom is 0.255 e. The number of ether oxygens (including phenoxy) is 1. The second-order valence-corrected chi connectivity index (χ2v) is 6.89. The van der Waals surface area contributed by atoms with Crippen LogP contribution in [0.5, 0.6) is 5.75 Å². The molecule has 0 saturated carbocycles. The zero-order valence-electron chi connectivity index (χ0n) is 15.7. The monoisotopic (exact) mass is 354 g/mol. The van der Waals surface area contributed by atoms with E-state index in [9.17, 15) is 9.59 Å². The zero-order chi connectivity index (χ0) is 19.1. The van der Waals surface area contributed by atoms with Gasteiger partial charge in [-0.15, -0.1) is 0 Å². The van der Waals surface area contributed by atoms with E-state index in [1.54, 1.807) is 48.5 Å². The Kier molecular flexibility index (Phi) is 6.78. The second-order valence-electron chi connectivity index (χ2n) is 6.89. The molecule has 5 nitrogen and oxygen atoms in total. The molecular formula is C21H26N2O3. The third kappa shape index (κ3) is 5.92. The SMILES string of the molecule is CC(C)COc1ccc(C(=O)Nc2cccc(C(=O)NC(C)C)c2)cc1. The summed E-state index contributed by atoms with van der Waals surface area (Å²) in [5.41, 5.74) is 1.61. The van der Waals surface area contributed by atoms with Crippen molar-refractivity contribution in [2.45, 2.75) is 33.7 Å². The third-order valence-corrected chi connectivity index (χ3v) is 3.50. The van der Waals surface area contributed by atoms with Crippen molar-refractivity contribution in [3.05, 3.63) is 59.7 Å². The summed E-state index contributed by atoms with van der Waals surface area (Å²) in [7, 11) is 0. The fraction of sp³-hybridized carbons (Fsp3) is 0.333. The van der Waals surface area contributed by atoms with Crippen LogP contribution in [-0.2, 0) is 0 Å². The largest absolute Gasteiger partial charge is 0.493 e. The molecule has 0 aliphatic carbocycles. The quantitative estimate of drug-likeness (QED) is 0.786. The van der Waals surface area contributed by atoms with Crippen LogP contribution in [0.25, 0.3) is 0 Å². The normalized spacial score (nSPS) is 10.7. The summed E-state index contributed by atoms with van der Waals surface area (Å²) in [5, 5.41) is 5.65. The van der Waals surface area contributed by atoms with Crippen molar-refractivity contribution >= 4 is 17.5 Å². The zero-order valence-corrected chi connectivity index (χ0v) is 15.7. The summed E-state index contributed by atoms with van der Waals surface area (Å²) in [5.74, 6) is 0.783. The first kappa shape index (κ1) is 19.5. The van der Waals surface area contributed by atoms with Gasteiger partial charge in [-0.3, -0.25) is 9.59 Å². The molecule has 2 N–H and O–H groups in total. The highest BCUT2D eigenvalue weighted by molar-refractivity contribution is 6.05. The maximum absolute atomic E-state index is 12.4. The predicted molar refractivity (Wildman–Crippen MR) is 104 cm³/mol. The number of benzene rings is 2. The van der Waals surface area contributed by atoms with E-state index in [0.29, 0.717) is 29.3 Å². The van der Waals surface area contributed by atoms with Gasteiger partial charge in [0.15, 0.2) is 0 Å². The van der Waals surface area contributed by atoms with E-state index in [1.807, 2.05) is 13.8 Å². The van der Waals surface area contributed by atoms with Crippen LogP contribution in [-0.4, -0.2) is 24.5 Å². The predicted octanol–water partition coefficient (Wildman–Crippen LogP) is 4.11. The molecule has 2 amide bonds. The van der Waals surface area contributed by atoms with E-state index in [4.69, 9.17) is 4.74 Å². The molecule has 0 spiro atoms. The minimum atomic E-state index is -0.234. The molecule has 0 radical (unpaired) electrons. The van der Waals surface area contributed by atoms with Crippen molar-refractivity contribution in [2.24, 2.45) is 5.92 Å². The van der Waals surface area contributed by atoms with Crippen molar-refractivity contribution in [3.63, 3.8) is 0 Å². The van der Waals surface area contributed by atoms with Gasteiger partial charge in [-0.25, -0.2) is 0 Å². The van der Waals surface area contributed by atoms with Crippen molar-refractivity contribution in [2.75, 3.05) is 11.9 Å². The van der Waals surface area contributed by atoms with Crippen molar-refractivity contribution in [3.8, 4) is 5.75 Å². The van der Waals surface area contributed by atoms with Crippen LogP contribution in [0.15, 0.2) is 48.5 Å². The fourth-order valence-corrected chi connectivity index (χ4v) is 2.25. The molecular weight excluding hydrogens is 328 g/mol. The molecule has 2 rings (SSSR count). The van der Waals surface area contributed by atoms with Gasteiger partial charge in [0, 0.05) is 22.9 Å². The van der Waals surface area contributed by atoms with Gasteiger partial charge in [0.1, 0.15) is 5.75 Å². The van der Waals surface area contributed by atoms with Gasteiger partial charge in [-0.2, -0.15) is 0 Å². The lowest BCUT2D eigenvalue weighted by atomic mass is 10.1. The topological polar surface area (TPSA) is 67.4 Å². The summed E-state index contributed by atoms with van der Waals surface area (Å²) in [6.07, 6.45) is 0. The van der Waals surface area contributed by atoms with Gasteiger partial charge in [-0.05, 0) is 62.2 Å². The van der Waals surface area contributed by atoms with E-state index in [0.717, 1.165) is 5.75 Å². The van der Waals surface area contributed by atoms with Gasteiger partial charge < -0.3 is 15.4 Å². The molecule has 26 heavy (non-hydrogen) atoms. The molecule has 0 aliphatic heterocycles. The number of amides is 2. The van der Waals surface area contributed by atoms with Gasteiger partial charge >= 0.3 is 0 Å². The van der Waals surface area contributed by atoms with Gasteiger partial charge in [0.05, 0.1) is 6.61 Å². The Hall–Kier alpha value is -2.82. The Labute approximate surface area is 154 Å². The van der Waals surface area contributed by atoms with Gasteiger partial charge in [-0.1, -0.05) is 19.9 Å². The molecule has 2 aromatic carbocycles. The van der Waals surface area contributed by atoms with Crippen molar-refractivity contribution < 1.29 is 14.3 Å². The highest BCUT2D eigenvalue weighted by Gasteiger charge is 2.10. The van der Waals surface area contributed by atoms with Crippen LogP contribution in [0.4, 0.5) is 5.69 Å². The first-order valence-corrected chi connectivity index (χ1v) is 8.80. The second kappa shape index (κ2) is 9.04. The summed E-state index contributed by atoms with van der Waals surface area (Å²) < 4.78 is 5.62. The summed E-state index contributed by atoms with van der Waals surface area (Å²) >= 11 is 0. The lowest BCUT2D eigenvalue weighted by molar-refractivity contribution is 0.0941. The van der Waals surface area contributed by atoms with Crippen LogP contribution in [0.1, 0.15) is 48.4 Å².